The van der Waals surface area contributed by atoms with Gasteiger partial charge in [0.2, 0.25) is 5.95 Å². The van der Waals surface area contributed by atoms with Gasteiger partial charge in [-0.2, -0.15) is 10.2 Å². The van der Waals surface area contributed by atoms with Crippen molar-refractivity contribution in [3.63, 3.8) is 0 Å². The number of ether oxygens (including phenoxy) is 1. The standard InChI is InChI=1S/C20H17FN6O2/c21-17-11-24-20(26-14-6-4-13(5-7-14)8-9-22)27-19(17)25-15-2-1-3-16(10-15)29-12-18(23)28/h1-7,10-11H,8,12H2,(H2,23,28)(H2,24,25,26,27). The van der Waals surface area contributed by atoms with Crippen molar-refractivity contribution in [1.29, 1.82) is 5.26 Å². The fourth-order valence-electron chi connectivity index (χ4n) is 2.40. The van der Waals surface area contributed by atoms with Crippen molar-refractivity contribution < 1.29 is 13.9 Å². The van der Waals surface area contributed by atoms with E-state index >= 15 is 0 Å². The zero-order valence-corrected chi connectivity index (χ0v) is 15.2. The summed E-state index contributed by atoms with van der Waals surface area (Å²) in [6.07, 6.45) is 1.37. The van der Waals surface area contributed by atoms with Crippen LogP contribution in [0, 0.1) is 17.1 Å². The van der Waals surface area contributed by atoms with Gasteiger partial charge in [-0.1, -0.05) is 18.2 Å². The largest absolute Gasteiger partial charge is 0.484 e. The first-order valence-corrected chi connectivity index (χ1v) is 8.57. The number of halogens is 1. The zero-order valence-electron chi connectivity index (χ0n) is 15.2. The Hall–Kier alpha value is -4.19. The first-order valence-electron chi connectivity index (χ1n) is 8.57. The predicted octanol–water partition coefficient (Wildman–Crippen LogP) is 3.03. The Kier molecular flexibility index (Phi) is 6.17. The molecule has 3 rings (SSSR count). The van der Waals surface area contributed by atoms with Crippen LogP contribution in [0.5, 0.6) is 5.75 Å². The van der Waals surface area contributed by atoms with Crippen molar-refractivity contribution >= 4 is 29.0 Å². The van der Waals surface area contributed by atoms with Gasteiger partial charge in [-0.25, -0.2) is 9.37 Å². The quantitative estimate of drug-likeness (QED) is 0.538. The molecule has 0 aliphatic heterocycles. The van der Waals surface area contributed by atoms with Crippen LogP contribution in [0.3, 0.4) is 0 Å². The van der Waals surface area contributed by atoms with Crippen molar-refractivity contribution in [2.24, 2.45) is 5.73 Å². The lowest BCUT2D eigenvalue weighted by atomic mass is 10.1. The van der Waals surface area contributed by atoms with Gasteiger partial charge in [0.05, 0.1) is 18.7 Å². The molecule has 4 N–H and O–H groups in total. The predicted molar refractivity (Wildman–Crippen MR) is 105 cm³/mol. The van der Waals surface area contributed by atoms with Crippen LogP contribution in [-0.4, -0.2) is 22.5 Å². The van der Waals surface area contributed by atoms with Gasteiger partial charge in [-0.15, -0.1) is 0 Å². The van der Waals surface area contributed by atoms with E-state index in [0.29, 0.717) is 23.5 Å². The summed E-state index contributed by atoms with van der Waals surface area (Å²) in [6.45, 7) is -0.257. The minimum Gasteiger partial charge on any atom is -0.484 e. The molecule has 1 heterocycles. The number of rotatable bonds is 8. The molecular formula is C20H17FN6O2. The summed E-state index contributed by atoms with van der Waals surface area (Å²) >= 11 is 0. The number of hydrogen-bond acceptors (Lipinski definition) is 7. The Bertz CT molecular complexity index is 1050. The van der Waals surface area contributed by atoms with Crippen molar-refractivity contribution in [3.05, 3.63) is 66.1 Å². The summed E-state index contributed by atoms with van der Waals surface area (Å²) in [5, 5.41) is 14.6. The molecule has 0 radical (unpaired) electrons. The maximum absolute atomic E-state index is 14.1. The second kappa shape index (κ2) is 9.14. The van der Waals surface area contributed by atoms with Crippen molar-refractivity contribution in [1.82, 2.24) is 9.97 Å². The molecule has 2 aromatic carbocycles. The summed E-state index contributed by atoms with van der Waals surface area (Å²) in [5.41, 5.74) is 7.16. The number of anilines is 4. The first kappa shape index (κ1) is 19.6. The van der Waals surface area contributed by atoms with E-state index in [2.05, 4.69) is 26.7 Å². The Morgan fingerprint density at radius 3 is 2.69 bits per heavy atom. The van der Waals surface area contributed by atoms with Gasteiger partial charge < -0.3 is 21.1 Å². The summed E-state index contributed by atoms with van der Waals surface area (Å²) in [4.78, 5) is 18.9. The molecule has 0 fully saturated rings. The number of primary amides is 1. The molecule has 0 aliphatic carbocycles. The Morgan fingerprint density at radius 1 is 1.17 bits per heavy atom. The molecule has 9 heteroatoms. The molecule has 0 saturated heterocycles. The van der Waals surface area contributed by atoms with Crippen LogP contribution >= 0.6 is 0 Å². The molecule has 0 spiro atoms. The van der Waals surface area contributed by atoms with Crippen LogP contribution in [0.25, 0.3) is 0 Å². The van der Waals surface area contributed by atoms with E-state index in [-0.39, 0.29) is 18.4 Å². The molecule has 1 amide bonds. The lowest BCUT2D eigenvalue weighted by molar-refractivity contribution is -0.119. The fourth-order valence-corrected chi connectivity index (χ4v) is 2.40. The number of nitrogens with zero attached hydrogens (tertiary/aromatic N) is 3. The number of aromatic nitrogens is 2. The summed E-state index contributed by atoms with van der Waals surface area (Å²) in [5.74, 6) is -0.664. The molecule has 0 saturated carbocycles. The monoisotopic (exact) mass is 392 g/mol. The molecule has 8 nitrogen and oxygen atoms in total. The van der Waals surface area contributed by atoms with E-state index in [9.17, 15) is 9.18 Å². The third kappa shape index (κ3) is 5.64. The lowest BCUT2D eigenvalue weighted by Gasteiger charge is -2.11. The van der Waals surface area contributed by atoms with Gasteiger partial charge in [0, 0.05) is 17.4 Å². The molecule has 0 aliphatic rings. The van der Waals surface area contributed by atoms with E-state index in [1.54, 1.807) is 36.4 Å². The average Bonchev–Trinajstić information content (AvgIpc) is 2.71. The summed E-state index contributed by atoms with van der Waals surface area (Å²) in [6, 6.07) is 15.9. The highest BCUT2D eigenvalue weighted by Gasteiger charge is 2.09. The van der Waals surface area contributed by atoms with Gasteiger partial charge in [-0.05, 0) is 29.8 Å². The van der Waals surface area contributed by atoms with Gasteiger partial charge in [0.25, 0.3) is 5.91 Å². The Labute approximate surface area is 166 Å². The second-order valence-electron chi connectivity index (χ2n) is 5.95. The van der Waals surface area contributed by atoms with Crippen molar-refractivity contribution in [2.75, 3.05) is 17.2 Å². The molecule has 0 atom stereocenters. The number of nitrogens with two attached hydrogens (primary N) is 1. The van der Waals surface area contributed by atoms with Crippen LogP contribution in [0.4, 0.5) is 27.5 Å². The number of carbonyl (C=O) groups excluding carboxylic acids is 1. The van der Waals surface area contributed by atoms with Crippen LogP contribution in [0.15, 0.2) is 54.7 Å². The number of hydrogen-bond donors (Lipinski definition) is 3. The highest BCUT2D eigenvalue weighted by atomic mass is 19.1. The topological polar surface area (TPSA) is 126 Å². The van der Waals surface area contributed by atoms with E-state index in [1.807, 2.05) is 12.1 Å². The van der Waals surface area contributed by atoms with Crippen LogP contribution in [0.1, 0.15) is 5.56 Å². The number of carbonyl (C=O) groups is 1. The van der Waals surface area contributed by atoms with E-state index in [0.717, 1.165) is 11.8 Å². The highest BCUT2D eigenvalue weighted by Crippen LogP contribution is 2.23. The van der Waals surface area contributed by atoms with E-state index in [1.165, 1.54) is 0 Å². The summed E-state index contributed by atoms with van der Waals surface area (Å²) in [7, 11) is 0. The molecule has 3 aromatic rings. The Morgan fingerprint density at radius 2 is 1.97 bits per heavy atom. The number of amides is 1. The summed E-state index contributed by atoms with van der Waals surface area (Å²) < 4.78 is 19.4. The highest BCUT2D eigenvalue weighted by molar-refractivity contribution is 5.75. The van der Waals surface area contributed by atoms with Crippen LogP contribution in [0.2, 0.25) is 0 Å². The minimum atomic E-state index is -0.636. The maximum Gasteiger partial charge on any atom is 0.255 e. The molecule has 29 heavy (non-hydrogen) atoms. The average molecular weight is 392 g/mol. The third-order valence-corrected chi connectivity index (χ3v) is 3.72. The molecule has 0 bridgehead atoms. The van der Waals surface area contributed by atoms with Gasteiger partial charge in [0.1, 0.15) is 5.75 Å². The lowest BCUT2D eigenvalue weighted by Crippen LogP contribution is -2.20. The van der Waals surface area contributed by atoms with Gasteiger partial charge in [-0.3, -0.25) is 4.79 Å². The van der Waals surface area contributed by atoms with Crippen LogP contribution in [-0.2, 0) is 11.2 Å². The number of benzene rings is 2. The maximum atomic E-state index is 14.1. The number of nitrogens with one attached hydrogen (secondary N) is 2. The smallest absolute Gasteiger partial charge is 0.255 e. The number of nitriles is 1. The van der Waals surface area contributed by atoms with Crippen LogP contribution < -0.4 is 21.1 Å². The zero-order chi connectivity index (χ0) is 20.6. The van der Waals surface area contributed by atoms with Crippen molar-refractivity contribution in [2.45, 2.75) is 6.42 Å². The normalized spacial score (nSPS) is 10.1. The molecule has 146 valence electrons. The van der Waals surface area contributed by atoms with Crippen molar-refractivity contribution in [3.8, 4) is 11.8 Å². The van der Waals surface area contributed by atoms with E-state index < -0.39 is 11.7 Å². The molecular weight excluding hydrogens is 375 g/mol. The Balaban J connectivity index is 1.73. The van der Waals surface area contributed by atoms with Gasteiger partial charge >= 0.3 is 0 Å². The minimum absolute atomic E-state index is 0.0318. The van der Waals surface area contributed by atoms with Gasteiger partial charge in [0.15, 0.2) is 18.2 Å². The molecule has 1 aromatic heterocycles. The SMILES string of the molecule is N#CCc1ccc(Nc2ncc(F)c(Nc3cccc(OCC(N)=O)c3)n2)cc1. The van der Waals surface area contributed by atoms with E-state index in [4.69, 9.17) is 15.7 Å². The fraction of sp³-hybridized carbons (Fsp3) is 0.100. The first-order chi connectivity index (χ1) is 14.0. The molecule has 0 unspecified atom stereocenters. The third-order valence-electron chi connectivity index (χ3n) is 3.72. The second-order valence-corrected chi connectivity index (χ2v) is 5.95.